The maximum absolute atomic E-state index is 12.5. The monoisotopic (exact) mass is 319 g/mol. The fourth-order valence-electron chi connectivity index (χ4n) is 2.78. The van der Waals surface area contributed by atoms with Gasteiger partial charge in [0.2, 0.25) is 11.8 Å². The Bertz CT molecular complexity index is 568. The summed E-state index contributed by atoms with van der Waals surface area (Å²) < 4.78 is 5.33. The minimum absolute atomic E-state index is 0.0942. The number of likely N-dealkylation sites (tertiary alicyclic amines) is 1. The molecular weight excluding hydrogens is 294 g/mol. The first-order valence-corrected chi connectivity index (χ1v) is 8.02. The Balaban J connectivity index is 2.10. The van der Waals surface area contributed by atoms with Gasteiger partial charge in [0, 0.05) is 25.7 Å². The van der Waals surface area contributed by atoms with E-state index < -0.39 is 0 Å². The Kier molecular flexibility index (Phi) is 5.84. The lowest BCUT2D eigenvalue weighted by Crippen LogP contribution is -2.43. The van der Waals surface area contributed by atoms with Crippen molar-refractivity contribution in [2.75, 3.05) is 30.8 Å². The van der Waals surface area contributed by atoms with Crippen molar-refractivity contribution in [2.45, 2.75) is 39.2 Å². The lowest BCUT2D eigenvalue weighted by molar-refractivity contribution is -0.132. The van der Waals surface area contributed by atoms with E-state index in [0.717, 1.165) is 25.9 Å². The second-order valence-corrected chi connectivity index (χ2v) is 5.85. The predicted octanol–water partition coefficient (Wildman–Crippen LogP) is 2.47. The Hall–Kier alpha value is -2.24. The number of carbonyl (C=O) groups excluding carboxylic acids is 2. The van der Waals surface area contributed by atoms with Crippen LogP contribution in [0, 0.1) is 0 Å². The van der Waals surface area contributed by atoms with Crippen LogP contribution in [0.5, 0.6) is 5.75 Å². The molecule has 6 heteroatoms. The molecule has 1 atom stereocenters. The van der Waals surface area contributed by atoms with E-state index in [1.165, 1.54) is 13.3 Å². The topological polar surface area (TPSA) is 70.7 Å². The van der Waals surface area contributed by atoms with E-state index in [2.05, 4.69) is 10.6 Å². The van der Waals surface area contributed by atoms with E-state index in [1.807, 2.05) is 11.8 Å². The fourth-order valence-corrected chi connectivity index (χ4v) is 2.78. The highest BCUT2D eigenvalue weighted by Crippen LogP contribution is 2.28. The number of hydrogen-bond acceptors (Lipinski definition) is 4. The number of anilines is 2. The van der Waals surface area contributed by atoms with E-state index >= 15 is 0 Å². The van der Waals surface area contributed by atoms with Gasteiger partial charge in [0.05, 0.1) is 12.8 Å². The SMILES string of the molecule is COc1ccc(NC(C)=O)cc1N[C@@H](C)C(=O)N1CCCCC1. The maximum atomic E-state index is 12.5. The number of methoxy groups -OCH3 is 1. The zero-order valence-corrected chi connectivity index (χ0v) is 14.0. The summed E-state index contributed by atoms with van der Waals surface area (Å²) in [5, 5.41) is 5.94. The molecule has 0 unspecified atom stereocenters. The van der Waals surface area contributed by atoms with Crippen molar-refractivity contribution in [1.29, 1.82) is 0 Å². The number of nitrogens with zero attached hydrogens (tertiary/aromatic N) is 1. The summed E-state index contributed by atoms with van der Waals surface area (Å²) in [5.41, 5.74) is 1.36. The Morgan fingerprint density at radius 2 is 1.91 bits per heavy atom. The van der Waals surface area contributed by atoms with Crippen molar-refractivity contribution < 1.29 is 14.3 Å². The molecule has 1 aliphatic rings. The van der Waals surface area contributed by atoms with E-state index in [1.54, 1.807) is 25.3 Å². The third-order valence-electron chi connectivity index (χ3n) is 3.93. The van der Waals surface area contributed by atoms with Gasteiger partial charge in [0.15, 0.2) is 0 Å². The number of carbonyl (C=O) groups is 2. The van der Waals surface area contributed by atoms with E-state index in [4.69, 9.17) is 4.74 Å². The summed E-state index contributed by atoms with van der Waals surface area (Å²) in [6, 6.07) is 4.96. The molecule has 2 rings (SSSR count). The molecule has 2 amide bonds. The number of ether oxygens (including phenoxy) is 1. The molecule has 1 saturated heterocycles. The Labute approximate surface area is 137 Å². The van der Waals surface area contributed by atoms with Gasteiger partial charge in [-0.1, -0.05) is 0 Å². The molecule has 1 fully saturated rings. The molecule has 2 N–H and O–H groups in total. The lowest BCUT2D eigenvalue weighted by atomic mass is 10.1. The largest absolute Gasteiger partial charge is 0.495 e. The Morgan fingerprint density at radius 1 is 1.22 bits per heavy atom. The first-order valence-electron chi connectivity index (χ1n) is 8.02. The van der Waals surface area contributed by atoms with Crippen LogP contribution in [-0.4, -0.2) is 43.0 Å². The zero-order chi connectivity index (χ0) is 16.8. The molecule has 1 aliphatic heterocycles. The average Bonchev–Trinajstić information content (AvgIpc) is 2.54. The summed E-state index contributed by atoms with van der Waals surface area (Å²) in [4.78, 5) is 25.6. The van der Waals surface area contributed by atoms with Gasteiger partial charge >= 0.3 is 0 Å². The predicted molar refractivity (Wildman–Crippen MR) is 90.8 cm³/mol. The molecule has 0 radical (unpaired) electrons. The zero-order valence-electron chi connectivity index (χ0n) is 14.0. The summed E-state index contributed by atoms with van der Waals surface area (Å²) in [7, 11) is 1.58. The van der Waals surface area contributed by atoms with Gasteiger partial charge in [-0.15, -0.1) is 0 Å². The molecule has 0 saturated carbocycles. The van der Waals surface area contributed by atoms with Crippen LogP contribution < -0.4 is 15.4 Å². The second kappa shape index (κ2) is 7.85. The van der Waals surface area contributed by atoms with Crippen LogP contribution >= 0.6 is 0 Å². The molecule has 0 aromatic heterocycles. The van der Waals surface area contributed by atoms with Crippen LogP contribution in [-0.2, 0) is 9.59 Å². The Morgan fingerprint density at radius 3 is 2.52 bits per heavy atom. The van der Waals surface area contributed by atoms with Crippen LogP contribution in [0.15, 0.2) is 18.2 Å². The molecule has 126 valence electrons. The van der Waals surface area contributed by atoms with Crippen LogP contribution in [0.3, 0.4) is 0 Å². The quantitative estimate of drug-likeness (QED) is 0.874. The van der Waals surface area contributed by atoms with Gasteiger partial charge in [-0.25, -0.2) is 0 Å². The third-order valence-corrected chi connectivity index (χ3v) is 3.93. The molecule has 23 heavy (non-hydrogen) atoms. The standard InChI is InChI=1S/C17H25N3O3/c1-12(17(22)20-9-5-4-6-10-20)18-15-11-14(19-13(2)21)7-8-16(15)23-3/h7-8,11-12,18H,4-6,9-10H2,1-3H3,(H,19,21)/t12-/m0/s1. The maximum Gasteiger partial charge on any atom is 0.244 e. The average molecular weight is 319 g/mol. The van der Waals surface area contributed by atoms with Crippen molar-refractivity contribution in [3.8, 4) is 5.75 Å². The first kappa shape index (κ1) is 17.1. The molecule has 0 spiro atoms. The number of rotatable bonds is 5. The smallest absolute Gasteiger partial charge is 0.244 e. The molecule has 0 bridgehead atoms. The molecule has 1 aromatic carbocycles. The van der Waals surface area contributed by atoms with E-state index in [9.17, 15) is 9.59 Å². The summed E-state index contributed by atoms with van der Waals surface area (Å²) in [5.74, 6) is 0.590. The molecular formula is C17H25N3O3. The van der Waals surface area contributed by atoms with Crippen LogP contribution in [0.4, 0.5) is 11.4 Å². The second-order valence-electron chi connectivity index (χ2n) is 5.85. The highest BCUT2D eigenvalue weighted by molar-refractivity contribution is 5.90. The van der Waals surface area contributed by atoms with Crippen molar-refractivity contribution in [2.24, 2.45) is 0 Å². The van der Waals surface area contributed by atoms with Gasteiger partial charge in [-0.05, 0) is 44.4 Å². The number of piperidine rings is 1. The van der Waals surface area contributed by atoms with Gasteiger partial charge in [0.25, 0.3) is 0 Å². The van der Waals surface area contributed by atoms with Gasteiger partial charge in [-0.3, -0.25) is 9.59 Å². The minimum atomic E-state index is -0.352. The summed E-state index contributed by atoms with van der Waals surface area (Å²) in [6.45, 7) is 4.96. The lowest BCUT2D eigenvalue weighted by Gasteiger charge is -2.30. The van der Waals surface area contributed by atoms with Crippen molar-refractivity contribution >= 4 is 23.2 Å². The number of benzene rings is 1. The van der Waals surface area contributed by atoms with Crippen LogP contribution in [0.25, 0.3) is 0 Å². The van der Waals surface area contributed by atoms with Crippen LogP contribution in [0.2, 0.25) is 0 Å². The number of hydrogen-bond donors (Lipinski definition) is 2. The highest BCUT2D eigenvalue weighted by Gasteiger charge is 2.22. The third kappa shape index (κ3) is 4.61. The number of amides is 2. The van der Waals surface area contributed by atoms with Crippen LogP contribution in [0.1, 0.15) is 33.1 Å². The van der Waals surface area contributed by atoms with E-state index in [-0.39, 0.29) is 17.9 Å². The molecule has 1 aromatic rings. The summed E-state index contributed by atoms with van der Waals surface area (Å²) >= 11 is 0. The molecule has 6 nitrogen and oxygen atoms in total. The van der Waals surface area contributed by atoms with Crippen molar-refractivity contribution in [3.63, 3.8) is 0 Å². The first-order chi connectivity index (χ1) is 11.0. The van der Waals surface area contributed by atoms with Crippen molar-refractivity contribution in [1.82, 2.24) is 4.90 Å². The minimum Gasteiger partial charge on any atom is -0.495 e. The number of nitrogens with one attached hydrogen (secondary N) is 2. The van der Waals surface area contributed by atoms with Crippen molar-refractivity contribution in [3.05, 3.63) is 18.2 Å². The van der Waals surface area contributed by atoms with Gasteiger partial charge in [-0.2, -0.15) is 0 Å². The van der Waals surface area contributed by atoms with Gasteiger partial charge in [0.1, 0.15) is 11.8 Å². The molecule has 0 aliphatic carbocycles. The normalized spacial score (nSPS) is 15.7. The van der Waals surface area contributed by atoms with Gasteiger partial charge < -0.3 is 20.3 Å². The molecule has 1 heterocycles. The van der Waals surface area contributed by atoms with E-state index in [0.29, 0.717) is 17.1 Å². The summed E-state index contributed by atoms with van der Waals surface area (Å²) in [6.07, 6.45) is 3.33. The fraction of sp³-hybridized carbons (Fsp3) is 0.529. The highest BCUT2D eigenvalue weighted by atomic mass is 16.5.